The summed E-state index contributed by atoms with van der Waals surface area (Å²) in [5.41, 5.74) is -3.27. The maximum Gasteiger partial charge on any atom is 0.600 e. The smallest absolute Gasteiger partial charge is 0.147 e. The van der Waals surface area contributed by atoms with Gasteiger partial charge in [-0.25, -0.2) is 0 Å². The van der Waals surface area contributed by atoms with Crippen LogP contribution in [0.3, 0.4) is 0 Å². The topological polar surface area (TPSA) is 0 Å². The van der Waals surface area contributed by atoms with Crippen molar-refractivity contribution >= 4 is 33.0 Å². The minimum absolute atomic E-state index is 0. The Morgan fingerprint density at radius 2 is 1.82 bits per heavy atom. The number of alkyl halides is 3. The summed E-state index contributed by atoms with van der Waals surface area (Å²) >= 11 is 0. The third-order valence-electron chi connectivity index (χ3n) is 2.55. The SMILES string of the molecule is CCc1cc2ccc(C)cc2[s+]1C(F)(F)F.Cl. The van der Waals surface area contributed by atoms with Gasteiger partial charge in [0, 0.05) is 23.9 Å². The largest absolute Gasteiger partial charge is 0.600 e. The van der Waals surface area contributed by atoms with Gasteiger partial charge in [-0.15, -0.1) is 25.6 Å². The Balaban J connectivity index is 0.00000144. The maximum atomic E-state index is 13.0. The van der Waals surface area contributed by atoms with Crippen molar-refractivity contribution in [1.29, 1.82) is 0 Å². The molecule has 0 aliphatic heterocycles. The molecule has 2 rings (SSSR count). The number of benzene rings is 1. The third-order valence-corrected chi connectivity index (χ3v) is 4.73. The summed E-state index contributed by atoms with van der Waals surface area (Å²) < 4.78 is 39.4. The molecule has 1 atom stereocenters. The lowest BCUT2D eigenvalue weighted by atomic mass is 10.2. The molecule has 2 aromatic rings. The minimum Gasteiger partial charge on any atom is -0.147 e. The molecule has 0 spiro atoms. The first-order valence-electron chi connectivity index (χ1n) is 5.06. The normalized spacial score (nSPS) is 12.6. The molecule has 1 heterocycles. The van der Waals surface area contributed by atoms with Crippen molar-refractivity contribution in [3.63, 3.8) is 0 Å². The second kappa shape index (κ2) is 4.86. The van der Waals surface area contributed by atoms with E-state index in [0.717, 1.165) is 10.9 Å². The molecular weight excluding hydrogens is 269 g/mol. The summed E-state index contributed by atoms with van der Waals surface area (Å²) in [4.78, 5) is 0.494. The Morgan fingerprint density at radius 3 is 2.35 bits per heavy atom. The van der Waals surface area contributed by atoms with E-state index in [1.165, 1.54) is 0 Å². The number of hydrogen-bond acceptors (Lipinski definition) is 0. The Kier molecular flexibility index (Phi) is 4.10. The van der Waals surface area contributed by atoms with E-state index in [1.807, 2.05) is 13.0 Å². The number of fused-ring (bicyclic) bond motifs is 1. The molecule has 0 aliphatic rings. The van der Waals surface area contributed by atoms with Gasteiger partial charge >= 0.3 is 5.51 Å². The van der Waals surface area contributed by atoms with Crippen LogP contribution in [0.1, 0.15) is 17.4 Å². The molecule has 0 nitrogen and oxygen atoms in total. The van der Waals surface area contributed by atoms with Crippen LogP contribution in [0.5, 0.6) is 0 Å². The molecule has 17 heavy (non-hydrogen) atoms. The summed E-state index contributed by atoms with van der Waals surface area (Å²) in [6.45, 7) is 3.60. The van der Waals surface area contributed by atoms with Crippen LogP contribution >= 0.6 is 22.9 Å². The Labute approximate surface area is 107 Å². The average Bonchev–Trinajstić information content (AvgIpc) is 2.54. The first-order chi connectivity index (χ1) is 7.43. The van der Waals surface area contributed by atoms with Crippen molar-refractivity contribution in [1.82, 2.24) is 0 Å². The Hall–Kier alpha value is -0.740. The predicted molar refractivity (Wildman–Crippen MR) is 69.1 cm³/mol. The standard InChI is InChI=1S/C12H12F3S.ClH/c1-3-10-7-9-5-4-8(2)6-11(9)16(10)12(13,14)15;/h4-7H,3H2,1-2H3;1H/q+1;. The zero-order chi connectivity index (χ0) is 11.9. The van der Waals surface area contributed by atoms with Crippen LogP contribution in [-0.4, -0.2) is 0 Å². The van der Waals surface area contributed by atoms with Crippen molar-refractivity contribution in [3.05, 3.63) is 34.7 Å². The molecule has 0 saturated carbocycles. The summed E-state index contributed by atoms with van der Waals surface area (Å²) in [5, 5.41) is 0.725. The van der Waals surface area contributed by atoms with E-state index in [1.54, 1.807) is 25.1 Å². The van der Waals surface area contributed by atoms with Gasteiger partial charge in [0.15, 0.2) is 9.58 Å². The summed E-state index contributed by atoms with van der Waals surface area (Å²) in [7, 11) is -1.71. The quantitative estimate of drug-likeness (QED) is 0.618. The van der Waals surface area contributed by atoms with Crippen molar-refractivity contribution in [3.8, 4) is 0 Å². The van der Waals surface area contributed by atoms with Crippen LogP contribution in [0.2, 0.25) is 0 Å². The molecule has 0 amide bonds. The van der Waals surface area contributed by atoms with Gasteiger partial charge in [0.2, 0.25) is 0 Å². The first kappa shape index (κ1) is 14.3. The van der Waals surface area contributed by atoms with Crippen molar-refractivity contribution in [2.24, 2.45) is 0 Å². The van der Waals surface area contributed by atoms with Gasteiger partial charge in [0.05, 0.1) is 10.5 Å². The van der Waals surface area contributed by atoms with Gasteiger partial charge in [-0.3, -0.25) is 0 Å². The van der Waals surface area contributed by atoms with Crippen LogP contribution in [0, 0.1) is 6.92 Å². The van der Waals surface area contributed by atoms with E-state index in [9.17, 15) is 13.2 Å². The molecule has 1 unspecified atom stereocenters. The highest BCUT2D eigenvalue weighted by molar-refractivity contribution is 7.38. The van der Waals surface area contributed by atoms with Gasteiger partial charge in [0.1, 0.15) is 0 Å². The third kappa shape index (κ3) is 2.58. The Morgan fingerprint density at radius 1 is 1.18 bits per heavy atom. The monoisotopic (exact) mass is 281 g/mol. The molecule has 1 aromatic heterocycles. The van der Waals surface area contributed by atoms with Crippen LogP contribution < -0.4 is 0 Å². The highest BCUT2D eigenvalue weighted by Gasteiger charge is 2.47. The molecule has 0 radical (unpaired) electrons. The zero-order valence-electron chi connectivity index (χ0n) is 9.47. The van der Waals surface area contributed by atoms with Gasteiger partial charge < -0.3 is 0 Å². The fourth-order valence-electron chi connectivity index (χ4n) is 1.83. The number of rotatable bonds is 1. The molecule has 0 saturated heterocycles. The highest BCUT2D eigenvalue weighted by atomic mass is 35.5. The number of halogens is 4. The van der Waals surface area contributed by atoms with E-state index in [4.69, 9.17) is 0 Å². The second-order valence-corrected chi connectivity index (χ2v) is 5.80. The molecule has 5 heteroatoms. The first-order valence-corrected chi connectivity index (χ1v) is 6.28. The van der Waals surface area contributed by atoms with E-state index in [-0.39, 0.29) is 12.4 Å². The molecule has 0 fully saturated rings. The van der Waals surface area contributed by atoms with E-state index < -0.39 is 16.0 Å². The second-order valence-electron chi connectivity index (χ2n) is 3.76. The molecule has 94 valence electrons. The number of aryl methyl sites for hydroxylation is 2. The zero-order valence-corrected chi connectivity index (χ0v) is 11.1. The fraction of sp³-hybridized carbons (Fsp3) is 0.333. The molecular formula is C12H13ClF3S+. The summed E-state index contributed by atoms with van der Waals surface area (Å²) in [6.07, 6.45) is 0.455. The van der Waals surface area contributed by atoms with E-state index >= 15 is 0 Å². The number of thiophene rings is 1. The summed E-state index contributed by atoms with van der Waals surface area (Å²) in [6, 6.07) is 6.97. The fourth-order valence-corrected chi connectivity index (χ4v) is 3.86. The molecule has 0 aliphatic carbocycles. The molecule has 1 aromatic carbocycles. The lowest BCUT2D eigenvalue weighted by Gasteiger charge is -1.98. The van der Waals surface area contributed by atoms with Gasteiger partial charge in [-0.1, -0.05) is 13.0 Å². The van der Waals surface area contributed by atoms with E-state index in [0.29, 0.717) is 16.0 Å². The van der Waals surface area contributed by atoms with E-state index in [2.05, 4.69) is 0 Å². The Bertz CT molecular complexity index is 528. The minimum atomic E-state index is -4.15. The molecule has 0 bridgehead atoms. The van der Waals surface area contributed by atoms with Crippen molar-refractivity contribution < 1.29 is 13.2 Å². The van der Waals surface area contributed by atoms with Crippen LogP contribution in [0.15, 0.2) is 24.3 Å². The van der Waals surface area contributed by atoms with Crippen LogP contribution in [0.25, 0.3) is 10.1 Å². The van der Waals surface area contributed by atoms with Crippen molar-refractivity contribution in [2.45, 2.75) is 25.8 Å². The predicted octanol–water partition coefficient (Wildman–Crippen LogP) is 5.36. The van der Waals surface area contributed by atoms with Gasteiger partial charge in [-0.2, -0.15) is 0 Å². The van der Waals surface area contributed by atoms with Gasteiger partial charge in [-0.05, 0) is 18.6 Å². The van der Waals surface area contributed by atoms with Crippen molar-refractivity contribution in [2.75, 3.05) is 0 Å². The lowest BCUT2D eigenvalue weighted by molar-refractivity contribution is -0.0867. The highest BCUT2D eigenvalue weighted by Crippen LogP contribution is 2.51. The lowest BCUT2D eigenvalue weighted by Crippen LogP contribution is -1.97. The number of hydrogen-bond donors (Lipinski definition) is 0. The van der Waals surface area contributed by atoms with Crippen LogP contribution in [0.4, 0.5) is 13.2 Å². The molecule has 0 N–H and O–H groups in total. The maximum absolute atomic E-state index is 13.0. The van der Waals surface area contributed by atoms with Crippen LogP contribution in [-0.2, 0) is 11.9 Å². The summed E-state index contributed by atoms with van der Waals surface area (Å²) in [5.74, 6) is 0. The van der Waals surface area contributed by atoms with Gasteiger partial charge in [0.25, 0.3) is 0 Å². The average molecular weight is 282 g/mol.